The molecule has 2 bridgehead atoms. The van der Waals surface area contributed by atoms with Crippen LogP contribution in [-0.4, -0.2) is 29.6 Å². The Morgan fingerprint density at radius 3 is 2.43 bits per heavy atom. The van der Waals surface area contributed by atoms with Crippen LogP contribution >= 0.6 is 34.2 Å². The quantitative estimate of drug-likeness (QED) is 0.183. The van der Waals surface area contributed by atoms with Gasteiger partial charge in [0.05, 0.1) is 28.2 Å². The minimum Gasteiger partial charge on any atom is -0.490 e. The smallest absolute Gasteiger partial charge is 0.254 e. The zero-order valence-corrected chi connectivity index (χ0v) is 22.0. The number of hydrazone groups is 1. The Morgan fingerprint density at radius 2 is 1.80 bits per heavy atom. The Hall–Kier alpha value is -2.39. The fourth-order valence-electron chi connectivity index (χ4n) is 6.13. The summed E-state index contributed by atoms with van der Waals surface area (Å²) in [5.41, 5.74) is 1.78. The van der Waals surface area contributed by atoms with Crippen LogP contribution in [0.1, 0.15) is 30.9 Å². The Labute approximate surface area is 222 Å². The second-order valence-electron chi connectivity index (χ2n) is 9.60. The molecule has 4 aliphatic rings. The number of amides is 2. The number of hydrogen-bond donors (Lipinski definition) is 0. The fourth-order valence-corrected chi connectivity index (χ4v) is 7.10. The van der Waals surface area contributed by atoms with Crippen LogP contribution in [0.5, 0.6) is 11.5 Å². The maximum Gasteiger partial charge on any atom is 0.254 e. The number of allylic oxidation sites excluding steroid dienone is 2. The molecule has 4 atom stereocenters. The first kappa shape index (κ1) is 23.0. The SMILES string of the molecule is CCOc1cc(/C=N\N2C(=O)[C@@H]3[C@@H](C2=O)[C@H]2C=C[C@H]3C23CC3)cc(I)c1OCc1ccccc1Cl. The lowest BCUT2D eigenvalue weighted by Gasteiger charge is -2.18. The molecule has 2 aromatic carbocycles. The number of imide groups is 1. The van der Waals surface area contributed by atoms with E-state index in [4.69, 9.17) is 21.1 Å². The van der Waals surface area contributed by atoms with Gasteiger partial charge in [0.2, 0.25) is 0 Å². The molecule has 3 aliphatic carbocycles. The third-order valence-corrected chi connectivity index (χ3v) is 8.98. The van der Waals surface area contributed by atoms with Gasteiger partial charge in [-0.25, -0.2) is 0 Å². The number of rotatable bonds is 7. The van der Waals surface area contributed by atoms with Gasteiger partial charge in [0.15, 0.2) is 11.5 Å². The molecule has 1 aliphatic heterocycles. The summed E-state index contributed by atoms with van der Waals surface area (Å²) in [5.74, 6) is 0.723. The summed E-state index contributed by atoms with van der Waals surface area (Å²) in [6.07, 6.45) is 8.12. The molecule has 0 radical (unpaired) electrons. The molecule has 3 fully saturated rings. The zero-order valence-electron chi connectivity index (χ0n) is 19.1. The van der Waals surface area contributed by atoms with Crippen molar-refractivity contribution in [2.24, 2.45) is 34.2 Å². The first-order chi connectivity index (χ1) is 16.9. The summed E-state index contributed by atoms with van der Waals surface area (Å²) in [4.78, 5) is 26.3. The van der Waals surface area contributed by atoms with E-state index in [0.29, 0.717) is 29.7 Å². The summed E-state index contributed by atoms with van der Waals surface area (Å²) in [7, 11) is 0. The van der Waals surface area contributed by atoms with Crippen molar-refractivity contribution >= 4 is 52.2 Å². The summed E-state index contributed by atoms with van der Waals surface area (Å²) < 4.78 is 12.7. The molecular weight excluding hydrogens is 579 g/mol. The largest absolute Gasteiger partial charge is 0.490 e. The van der Waals surface area contributed by atoms with Gasteiger partial charge in [-0.15, -0.1) is 0 Å². The van der Waals surface area contributed by atoms with E-state index >= 15 is 0 Å². The number of carbonyl (C=O) groups is 2. The average molecular weight is 603 g/mol. The second-order valence-corrected chi connectivity index (χ2v) is 11.2. The van der Waals surface area contributed by atoms with Gasteiger partial charge in [0, 0.05) is 10.6 Å². The maximum atomic E-state index is 13.2. The van der Waals surface area contributed by atoms with E-state index in [0.717, 1.165) is 32.5 Å². The van der Waals surface area contributed by atoms with Crippen molar-refractivity contribution < 1.29 is 19.1 Å². The van der Waals surface area contributed by atoms with E-state index in [1.165, 1.54) is 0 Å². The van der Waals surface area contributed by atoms with E-state index < -0.39 is 0 Å². The molecule has 8 heteroatoms. The van der Waals surface area contributed by atoms with Gasteiger partial charge in [0.25, 0.3) is 11.8 Å². The molecule has 6 rings (SSSR count). The van der Waals surface area contributed by atoms with Gasteiger partial charge >= 0.3 is 0 Å². The lowest BCUT2D eigenvalue weighted by atomic mass is 9.85. The molecule has 0 aromatic heterocycles. The number of halogens is 2. The van der Waals surface area contributed by atoms with Gasteiger partial charge in [-0.1, -0.05) is 42.0 Å². The summed E-state index contributed by atoms with van der Waals surface area (Å²) in [6.45, 7) is 2.67. The van der Waals surface area contributed by atoms with Crippen LogP contribution in [0.15, 0.2) is 53.7 Å². The summed E-state index contributed by atoms with van der Waals surface area (Å²) in [6, 6.07) is 11.2. The molecule has 0 N–H and O–H groups in total. The highest BCUT2D eigenvalue weighted by Crippen LogP contribution is 2.73. The number of hydrogen-bond acceptors (Lipinski definition) is 5. The molecule has 35 heavy (non-hydrogen) atoms. The second kappa shape index (κ2) is 8.62. The number of ether oxygens (including phenoxy) is 2. The molecule has 180 valence electrons. The predicted octanol–water partition coefficient (Wildman–Crippen LogP) is 5.45. The molecule has 6 nitrogen and oxygen atoms in total. The Kier molecular flexibility index (Phi) is 5.67. The van der Waals surface area contributed by atoms with Gasteiger partial charge in [-0.05, 0) is 83.4 Å². The Morgan fingerprint density at radius 1 is 1.11 bits per heavy atom. The lowest BCUT2D eigenvalue weighted by molar-refractivity contribution is -0.141. The number of benzene rings is 2. The van der Waals surface area contributed by atoms with Crippen LogP contribution in [0.25, 0.3) is 0 Å². The van der Waals surface area contributed by atoms with E-state index in [2.05, 4.69) is 39.8 Å². The van der Waals surface area contributed by atoms with Crippen LogP contribution in [0.2, 0.25) is 5.02 Å². The molecule has 2 amide bonds. The number of carbonyl (C=O) groups excluding carboxylic acids is 2. The highest BCUT2D eigenvalue weighted by Gasteiger charge is 2.73. The van der Waals surface area contributed by atoms with Crippen molar-refractivity contribution in [2.75, 3.05) is 6.61 Å². The van der Waals surface area contributed by atoms with E-state index in [-0.39, 0.29) is 40.9 Å². The van der Waals surface area contributed by atoms with Gasteiger partial charge in [-0.3, -0.25) is 9.59 Å². The normalized spacial score (nSPS) is 27.3. The third kappa shape index (κ3) is 3.61. The molecule has 1 spiro atoms. The monoisotopic (exact) mass is 602 g/mol. The van der Waals surface area contributed by atoms with Crippen molar-refractivity contribution in [3.63, 3.8) is 0 Å². The first-order valence-electron chi connectivity index (χ1n) is 11.9. The average Bonchev–Trinajstić information content (AvgIpc) is 3.44. The summed E-state index contributed by atoms with van der Waals surface area (Å²) >= 11 is 8.45. The Balaban J connectivity index is 1.22. The number of fused-ring (bicyclic) bond motifs is 3. The van der Waals surface area contributed by atoms with Crippen molar-refractivity contribution in [1.82, 2.24) is 5.01 Å². The summed E-state index contributed by atoms with van der Waals surface area (Å²) in [5, 5.41) is 6.08. The van der Waals surface area contributed by atoms with E-state index in [9.17, 15) is 9.59 Å². The van der Waals surface area contributed by atoms with Crippen LogP contribution in [0.3, 0.4) is 0 Å². The van der Waals surface area contributed by atoms with Crippen LogP contribution < -0.4 is 9.47 Å². The van der Waals surface area contributed by atoms with Gasteiger partial charge in [0.1, 0.15) is 6.61 Å². The minimum atomic E-state index is -0.253. The molecular formula is C27H24ClIN2O4. The maximum absolute atomic E-state index is 13.2. The topological polar surface area (TPSA) is 68.2 Å². The van der Waals surface area contributed by atoms with Gasteiger partial charge < -0.3 is 9.47 Å². The molecule has 1 saturated heterocycles. The van der Waals surface area contributed by atoms with Crippen molar-refractivity contribution in [2.45, 2.75) is 26.4 Å². The van der Waals surface area contributed by atoms with Crippen molar-refractivity contribution in [3.8, 4) is 11.5 Å². The molecule has 1 heterocycles. The minimum absolute atomic E-state index is 0.168. The van der Waals surface area contributed by atoms with Crippen molar-refractivity contribution in [3.05, 3.63) is 68.3 Å². The Bertz CT molecular complexity index is 1250. The third-order valence-electron chi connectivity index (χ3n) is 7.81. The van der Waals surface area contributed by atoms with Crippen LogP contribution in [0, 0.1) is 32.7 Å². The lowest BCUT2D eigenvalue weighted by Crippen LogP contribution is -2.30. The highest BCUT2D eigenvalue weighted by atomic mass is 127. The molecule has 2 aromatic rings. The predicted molar refractivity (Wildman–Crippen MR) is 140 cm³/mol. The fraction of sp³-hybridized carbons (Fsp3) is 0.370. The molecule has 0 unspecified atom stereocenters. The highest BCUT2D eigenvalue weighted by molar-refractivity contribution is 14.1. The van der Waals surface area contributed by atoms with Crippen LogP contribution in [-0.2, 0) is 16.2 Å². The zero-order chi connectivity index (χ0) is 24.3. The van der Waals surface area contributed by atoms with Crippen molar-refractivity contribution in [1.29, 1.82) is 0 Å². The number of nitrogens with zero attached hydrogens (tertiary/aromatic N) is 2. The van der Waals surface area contributed by atoms with Gasteiger partial charge in [-0.2, -0.15) is 10.1 Å². The molecule has 2 saturated carbocycles. The standard InChI is InChI=1S/C27H24ClIN2O4/c1-2-34-21-12-15(11-20(29)24(21)35-14-16-5-3-4-6-19(16)28)13-30-31-25(32)22-17-7-8-18(23(22)26(31)33)27(17)9-10-27/h3-8,11-13,17-18,22-23H,2,9-10,14H2,1H3/b30-13-/t17-,18-,22+,23+/m1/s1. The first-order valence-corrected chi connectivity index (χ1v) is 13.3. The van der Waals surface area contributed by atoms with E-state index in [1.807, 2.05) is 43.3 Å². The van der Waals surface area contributed by atoms with Crippen LogP contribution in [0.4, 0.5) is 0 Å². The van der Waals surface area contributed by atoms with E-state index in [1.54, 1.807) is 6.21 Å².